The van der Waals surface area contributed by atoms with Gasteiger partial charge in [-0.1, -0.05) is 29.8 Å². The van der Waals surface area contributed by atoms with E-state index in [4.69, 9.17) is 10.5 Å². The number of carbonyl (C=O) groups is 1. The van der Waals surface area contributed by atoms with Gasteiger partial charge in [-0.25, -0.2) is 14.2 Å². The molecule has 2 atom stereocenters. The molecule has 2 N–H and O–H groups in total. The van der Waals surface area contributed by atoms with Gasteiger partial charge in [0.05, 0.1) is 11.3 Å². The standard InChI is InChI=1S/C19H25F3N2O4/c1-12(11-17(26-18(23)25)14-5-3-4-6-14)13(2)24-28-27-19(21,22)15-7-9-16(20)10-8-15/h7-10,12,14,17H,3-6,11H2,1-2H3,(H2,23,25)/b24-13+/t12-,17+/m0/s1. The van der Waals surface area contributed by atoms with Crippen molar-refractivity contribution < 1.29 is 32.6 Å². The van der Waals surface area contributed by atoms with Crippen LogP contribution in [0, 0.1) is 17.7 Å². The summed E-state index contributed by atoms with van der Waals surface area (Å²) in [5, 5.41) is 3.58. The molecule has 0 bridgehead atoms. The summed E-state index contributed by atoms with van der Waals surface area (Å²) >= 11 is 0. The van der Waals surface area contributed by atoms with Crippen LogP contribution >= 0.6 is 0 Å². The zero-order valence-electron chi connectivity index (χ0n) is 15.9. The number of rotatable bonds is 9. The van der Waals surface area contributed by atoms with Crippen LogP contribution in [0.5, 0.6) is 0 Å². The molecule has 2 rings (SSSR count). The summed E-state index contributed by atoms with van der Waals surface area (Å²) in [5.41, 5.74) is 4.99. The molecule has 28 heavy (non-hydrogen) atoms. The third-order valence-electron chi connectivity index (χ3n) is 5.00. The van der Waals surface area contributed by atoms with Gasteiger partial charge in [-0.05, 0) is 56.4 Å². The maximum Gasteiger partial charge on any atom is 0.420 e. The van der Waals surface area contributed by atoms with Crippen LogP contribution in [-0.4, -0.2) is 17.9 Å². The number of hydrogen-bond donors (Lipinski definition) is 1. The van der Waals surface area contributed by atoms with Crippen molar-refractivity contribution in [1.29, 1.82) is 0 Å². The van der Waals surface area contributed by atoms with Crippen LogP contribution in [0.2, 0.25) is 0 Å². The molecule has 1 aromatic carbocycles. The number of ether oxygens (including phenoxy) is 1. The van der Waals surface area contributed by atoms with E-state index < -0.39 is 23.6 Å². The minimum Gasteiger partial charge on any atom is -0.446 e. The van der Waals surface area contributed by atoms with Crippen molar-refractivity contribution >= 4 is 11.8 Å². The lowest BCUT2D eigenvalue weighted by atomic mass is 9.90. The van der Waals surface area contributed by atoms with Crippen LogP contribution in [0.25, 0.3) is 0 Å². The number of halogens is 3. The Bertz CT molecular complexity index is 676. The molecule has 9 heteroatoms. The number of nitrogens with zero attached hydrogens (tertiary/aromatic N) is 1. The smallest absolute Gasteiger partial charge is 0.420 e. The predicted molar refractivity (Wildman–Crippen MR) is 95.8 cm³/mol. The number of carbonyl (C=O) groups excluding carboxylic acids is 1. The molecule has 1 amide bonds. The monoisotopic (exact) mass is 402 g/mol. The molecule has 0 spiro atoms. The highest BCUT2D eigenvalue weighted by Crippen LogP contribution is 2.33. The van der Waals surface area contributed by atoms with E-state index >= 15 is 0 Å². The maximum atomic E-state index is 13.9. The van der Waals surface area contributed by atoms with E-state index in [0.29, 0.717) is 12.1 Å². The Morgan fingerprint density at radius 1 is 1.29 bits per heavy atom. The van der Waals surface area contributed by atoms with Gasteiger partial charge in [-0.2, -0.15) is 8.78 Å². The first-order valence-electron chi connectivity index (χ1n) is 9.18. The topological polar surface area (TPSA) is 83.1 Å². The molecule has 6 nitrogen and oxygen atoms in total. The second kappa shape index (κ2) is 9.77. The molecule has 0 heterocycles. The Labute approximate surface area is 161 Å². The fraction of sp³-hybridized carbons (Fsp3) is 0.579. The predicted octanol–water partition coefficient (Wildman–Crippen LogP) is 4.88. The molecule has 0 radical (unpaired) electrons. The molecule has 1 aromatic rings. The largest absolute Gasteiger partial charge is 0.446 e. The van der Waals surface area contributed by atoms with Gasteiger partial charge in [-0.15, -0.1) is 0 Å². The number of oxime groups is 1. The van der Waals surface area contributed by atoms with Crippen LogP contribution in [0.15, 0.2) is 29.4 Å². The molecular weight excluding hydrogens is 377 g/mol. The highest BCUT2D eigenvalue weighted by molar-refractivity contribution is 5.83. The summed E-state index contributed by atoms with van der Waals surface area (Å²) in [4.78, 5) is 19.6. The lowest BCUT2D eigenvalue weighted by molar-refractivity contribution is -0.449. The van der Waals surface area contributed by atoms with Gasteiger partial charge in [0.2, 0.25) is 0 Å². The first-order chi connectivity index (χ1) is 13.2. The van der Waals surface area contributed by atoms with Gasteiger partial charge in [0.25, 0.3) is 0 Å². The molecule has 0 saturated heterocycles. The minimum atomic E-state index is -3.79. The van der Waals surface area contributed by atoms with Crippen molar-refractivity contribution in [3.05, 3.63) is 35.6 Å². The Hall–Kier alpha value is -2.29. The van der Waals surface area contributed by atoms with E-state index in [2.05, 4.69) is 15.0 Å². The second-order valence-corrected chi connectivity index (χ2v) is 7.07. The van der Waals surface area contributed by atoms with Crippen molar-refractivity contribution in [2.24, 2.45) is 22.7 Å². The van der Waals surface area contributed by atoms with Crippen LogP contribution < -0.4 is 5.73 Å². The lowest BCUT2D eigenvalue weighted by Crippen LogP contribution is -2.31. The van der Waals surface area contributed by atoms with Crippen LogP contribution in [0.4, 0.5) is 18.0 Å². The summed E-state index contributed by atoms with van der Waals surface area (Å²) in [5.74, 6) is -0.631. The van der Waals surface area contributed by atoms with Crippen molar-refractivity contribution in [2.45, 2.75) is 58.2 Å². The summed E-state index contributed by atoms with van der Waals surface area (Å²) < 4.78 is 45.9. The molecule has 0 unspecified atom stereocenters. The third kappa shape index (κ3) is 6.40. The maximum absolute atomic E-state index is 13.9. The molecular formula is C19H25F3N2O4. The zero-order chi connectivity index (χ0) is 20.7. The average molecular weight is 402 g/mol. The van der Waals surface area contributed by atoms with Gasteiger partial charge in [0.15, 0.2) is 0 Å². The van der Waals surface area contributed by atoms with Crippen molar-refractivity contribution in [2.75, 3.05) is 0 Å². The Kier molecular flexibility index (Phi) is 7.68. The highest BCUT2D eigenvalue weighted by atomic mass is 19.3. The first-order valence-corrected chi connectivity index (χ1v) is 9.18. The molecule has 0 aromatic heterocycles. The molecule has 1 aliphatic rings. The SMILES string of the molecule is C/C(=N\OOC(F)(F)c1ccc(F)cc1)[C@@H](C)C[C@@H](OC(N)=O)C1CCCC1. The molecule has 1 aliphatic carbocycles. The summed E-state index contributed by atoms with van der Waals surface area (Å²) in [6, 6.07) is 3.58. The van der Waals surface area contributed by atoms with Gasteiger partial charge >= 0.3 is 12.2 Å². The van der Waals surface area contributed by atoms with Crippen LogP contribution in [0.3, 0.4) is 0 Å². The van der Waals surface area contributed by atoms with Crippen LogP contribution in [0.1, 0.15) is 51.5 Å². The second-order valence-electron chi connectivity index (χ2n) is 7.07. The van der Waals surface area contributed by atoms with Crippen molar-refractivity contribution in [3.63, 3.8) is 0 Å². The number of nitrogens with two attached hydrogens (primary N) is 1. The van der Waals surface area contributed by atoms with E-state index in [0.717, 1.165) is 49.9 Å². The molecule has 0 aliphatic heterocycles. The van der Waals surface area contributed by atoms with E-state index in [1.807, 2.05) is 6.92 Å². The fourth-order valence-corrected chi connectivity index (χ4v) is 3.24. The number of benzene rings is 1. The van der Waals surface area contributed by atoms with E-state index in [1.54, 1.807) is 6.92 Å². The minimum absolute atomic E-state index is 0.215. The highest BCUT2D eigenvalue weighted by Gasteiger charge is 2.36. The van der Waals surface area contributed by atoms with Gasteiger partial charge in [0, 0.05) is 5.92 Å². The number of amides is 1. The lowest BCUT2D eigenvalue weighted by Gasteiger charge is -2.25. The number of primary amides is 1. The Morgan fingerprint density at radius 3 is 2.46 bits per heavy atom. The van der Waals surface area contributed by atoms with E-state index in [1.165, 1.54) is 0 Å². The summed E-state index contributed by atoms with van der Waals surface area (Å²) in [7, 11) is 0. The van der Waals surface area contributed by atoms with Gasteiger partial charge < -0.3 is 10.5 Å². The average Bonchev–Trinajstić information content (AvgIpc) is 3.15. The van der Waals surface area contributed by atoms with Crippen molar-refractivity contribution in [1.82, 2.24) is 0 Å². The molecule has 1 fully saturated rings. The van der Waals surface area contributed by atoms with E-state index in [-0.39, 0.29) is 17.9 Å². The van der Waals surface area contributed by atoms with Crippen molar-refractivity contribution in [3.8, 4) is 0 Å². The quantitative estimate of drug-likeness (QED) is 0.363. The molecule has 156 valence electrons. The Balaban J connectivity index is 1.91. The number of hydrogen-bond acceptors (Lipinski definition) is 5. The summed E-state index contributed by atoms with van der Waals surface area (Å²) in [6.45, 7) is 3.41. The normalized spacial score (nSPS) is 18.0. The van der Waals surface area contributed by atoms with Gasteiger partial charge in [0.1, 0.15) is 11.9 Å². The van der Waals surface area contributed by atoms with E-state index in [9.17, 15) is 18.0 Å². The first kappa shape index (κ1) is 22.0. The number of alkyl halides is 2. The van der Waals surface area contributed by atoms with Gasteiger partial charge in [-0.3, -0.25) is 0 Å². The molecule has 1 saturated carbocycles. The van der Waals surface area contributed by atoms with Crippen LogP contribution in [-0.2, 0) is 20.7 Å². The summed E-state index contributed by atoms with van der Waals surface area (Å²) in [6.07, 6.45) is -0.503. The zero-order valence-corrected chi connectivity index (χ0v) is 15.9. The third-order valence-corrected chi connectivity index (χ3v) is 5.00. The Morgan fingerprint density at radius 2 is 1.89 bits per heavy atom. The fourth-order valence-electron chi connectivity index (χ4n) is 3.24.